The van der Waals surface area contributed by atoms with Crippen molar-refractivity contribution >= 4 is 27.8 Å². The third-order valence-corrected chi connectivity index (χ3v) is 7.85. The molecule has 3 rings (SSSR count). The lowest BCUT2D eigenvalue weighted by Crippen LogP contribution is -2.59. The van der Waals surface area contributed by atoms with Gasteiger partial charge in [-0.25, -0.2) is 8.42 Å². The number of esters is 1. The lowest BCUT2D eigenvalue weighted by molar-refractivity contribution is -0.148. The number of pyridine rings is 1. The summed E-state index contributed by atoms with van der Waals surface area (Å²) in [6.07, 6.45) is 4.67. The van der Waals surface area contributed by atoms with Crippen molar-refractivity contribution in [2.75, 3.05) is 18.9 Å². The Labute approximate surface area is 181 Å². The third kappa shape index (κ3) is 4.85. The van der Waals surface area contributed by atoms with E-state index >= 15 is 0 Å². The molecule has 0 bridgehead atoms. The smallest absolute Gasteiger partial charge is 0.326 e. The molecule has 160 valence electrons. The van der Waals surface area contributed by atoms with Gasteiger partial charge in [-0.3, -0.25) is 9.78 Å². The summed E-state index contributed by atoms with van der Waals surface area (Å²) in [7, 11) is -3.91. The maximum absolute atomic E-state index is 13.4. The van der Waals surface area contributed by atoms with Gasteiger partial charge in [-0.05, 0) is 50.2 Å². The van der Waals surface area contributed by atoms with Gasteiger partial charge in [-0.15, -0.1) is 0 Å². The monoisotopic (exact) mass is 448 g/mol. The maximum atomic E-state index is 13.4. The summed E-state index contributed by atoms with van der Waals surface area (Å²) in [5, 5.41) is 0. The van der Waals surface area contributed by atoms with Crippen molar-refractivity contribution in [3.05, 3.63) is 61.4 Å². The summed E-state index contributed by atoms with van der Waals surface area (Å²) >= 11 is 1.55. The molecule has 0 amide bonds. The standard InChI is InChI=1S/C21H24N2O5S2/c1-4-14-27-20(24)19-21(2,3)29-15-13-23(19)30(25,26)18-7-5-16(6-8-18)28-17-9-11-22-12-10-17/h4-12,19H,1,13-15H2,2-3H3. The van der Waals surface area contributed by atoms with Crippen LogP contribution in [-0.4, -0.2) is 53.4 Å². The summed E-state index contributed by atoms with van der Waals surface area (Å²) in [5.41, 5.74) is 0. The van der Waals surface area contributed by atoms with Gasteiger partial charge in [-0.1, -0.05) is 12.7 Å². The molecule has 0 radical (unpaired) electrons. The maximum Gasteiger partial charge on any atom is 0.326 e. The number of hydrogen-bond acceptors (Lipinski definition) is 7. The largest absolute Gasteiger partial charge is 0.460 e. The van der Waals surface area contributed by atoms with E-state index in [1.807, 2.05) is 13.8 Å². The minimum absolute atomic E-state index is 0.0327. The van der Waals surface area contributed by atoms with E-state index in [0.717, 1.165) is 0 Å². The molecule has 1 aromatic heterocycles. The summed E-state index contributed by atoms with van der Waals surface area (Å²) in [4.78, 5) is 16.7. The average molecular weight is 449 g/mol. The first-order chi connectivity index (χ1) is 14.3. The third-order valence-electron chi connectivity index (χ3n) is 4.61. The van der Waals surface area contributed by atoms with Gasteiger partial charge in [0, 0.05) is 29.4 Å². The van der Waals surface area contributed by atoms with E-state index in [-0.39, 0.29) is 18.0 Å². The Bertz CT molecular complexity index is 992. The fourth-order valence-corrected chi connectivity index (χ4v) is 6.28. The van der Waals surface area contributed by atoms with E-state index in [1.165, 1.54) is 22.5 Å². The number of aromatic nitrogens is 1. The van der Waals surface area contributed by atoms with Crippen LogP contribution >= 0.6 is 11.8 Å². The van der Waals surface area contributed by atoms with E-state index in [9.17, 15) is 13.2 Å². The van der Waals surface area contributed by atoms with Gasteiger partial charge in [-0.2, -0.15) is 16.1 Å². The number of ether oxygens (including phenoxy) is 2. The van der Waals surface area contributed by atoms with Gasteiger partial charge in [0.2, 0.25) is 10.0 Å². The summed E-state index contributed by atoms with van der Waals surface area (Å²) in [6.45, 7) is 7.50. The predicted molar refractivity (Wildman–Crippen MR) is 116 cm³/mol. The molecule has 0 saturated carbocycles. The van der Waals surface area contributed by atoms with Crippen molar-refractivity contribution in [1.82, 2.24) is 9.29 Å². The highest BCUT2D eigenvalue weighted by molar-refractivity contribution is 8.00. The molecule has 2 aromatic rings. The van der Waals surface area contributed by atoms with Crippen LogP contribution in [0.15, 0.2) is 66.3 Å². The topological polar surface area (TPSA) is 85.8 Å². The minimum Gasteiger partial charge on any atom is -0.460 e. The van der Waals surface area contributed by atoms with Gasteiger partial charge in [0.05, 0.1) is 4.90 Å². The van der Waals surface area contributed by atoms with E-state index in [2.05, 4.69) is 11.6 Å². The van der Waals surface area contributed by atoms with Crippen molar-refractivity contribution in [1.29, 1.82) is 0 Å². The van der Waals surface area contributed by atoms with Crippen LogP contribution in [0.5, 0.6) is 11.5 Å². The number of rotatable bonds is 7. The molecular weight excluding hydrogens is 424 g/mol. The van der Waals surface area contributed by atoms with Gasteiger partial charge in [0.25, 0.3) is 0 Å². The van der Waals surface area contributed by atoms with Crippen molar-refractivity contribution in [3.63, 3.8) is 0 Å². The first kappa shape index (κ1) is 22.3. The van der Waals surface area contributed by atoms with Crippen LogP contribution in [0.25, 0.3) is 0 Å². The molecule has 1 unspecified atom stereocenters. The highest BCUT2D eigenvalue weighted by atomic mass is 32.2. The number of carbonyl (C=O) groups excluding carboxylic acids is 1. The van der Waals surface area contributed by atoms with Crippen molar-refractivity contribution in [2.45, 2.75) is 29.5 Å². The SMILES string of the molecule is C=CCOC(=O)C1N(S(=O)(=O)c2ccc(Oc3ccncc3)cc2)CCSC1(C)C. The van der Waals surface area contributed by atoms with Crippen molar-refractivity contribution in [2.24, 2.45) is 0 Å². The Morgan fingerprint density at radius 2 is 1.87 bits per heavy atom. The second-order valence-electron chi connectivity index (χ2n) is 7.15. The zero-order valence-corrected chi connectivity index (χ0v) is 18.5. The second-order valence-corrected chi connectivity index (χ2v) is 10.8. The molecule has 2 heterocycles. The zero-order valence-electron chi connectivity index (χ0n) is 16.9. The van der Waals surface area contributed by atoms with Gasteiger partial charge < -0.3 is 9.47 Å². The number of sulfonamides is 1. The average Bonchev–Trinajstić information content (AvgIpc) is 2.72. The number of nitrogens with zero attached hydrogens (tertiary/aromatic N) is 2. The molecule has 1 aliphatic rings. The Balaban J connectivity index is 1.86. The van der Waals surface area contributed by atoms with Crippen LogP contribution in [0.4, 0.5) is 0 Å². The van der Waals surface area contributed by atoms with Gasteiger partial charge in [0.1, 0.15) is 24.1 Å². The molecule has 1 aromatic carbocycles. The molecule has 0 N–H and O–H groups in total. The highest BCUT2D eigenvalue weighted by Crippen LogP contribution is 2.39. The van der Waals surface area contributed by atoms with E-state index < -0.39 is 26.8 Å². The van der Waals surface area contributed by atoms with Crippen LogP contribution in [0.2, 0.25) is 0 Å². The van der Waals surface area contributed by atoms with Crippen molar-refractivity contribution < 1.29 is 22.7 Å². The zero-order chi connectivity index (χ0) is 21.8. The molecular formula is C21H24N2O5S2. The lowest BCUT2D eigenvalue weighted by Gasteiger charge is -2.43. The highest BCUT2D eigenvalue weighted by Gasteiger charge is 2.49. The fraction of sp³-hybridized carbons (Fsp3) is 0.333. The van der Waals surface area contributed by atoms with Gasteiger partial charge >= 0.3 is 5.97 Å². The van der Waals surface area contributed by atoms with E-state index in [1.54, 1.807) is 48.4 Å². The number of hydrogen-bond donors (Lipinski definition) is 0. The van der Waals surface area contributed by atoms with Gasteiger partial charge in [0.15, 0.2) is 0 Å². The molecule has 0 spiro atoms. The molecule has 1 fully saturated rings. The second kappa shape index (κ2) is 9.20. The van der Waals surface area contributed by atoms with Crippen LogP contribution in [0.1, 0.15) is 13.8 Å². The van der Waals surface area contributed by atoms with Crippen molar-refractivity contribution in [3.8, 4) is 11.5 Å². The Morgan fingerprint density at radius 1 is 1.23 bits per heavy atom. The summed E-state index contributed by atoms with van der Waals surface area (Å²) in [5.74, 6) is 1.10. The molecule has 0 aliphatic carbocycles. The molecule has 1 aliphatic heterocycles. The predicted octanol–water partition coefficient (Wildman–Crippen LogP) is 3.49. The Kier molecular flexibility index (Phi) is 6.84. The normalized spacial score (nSPS) is 19.1. The Hall–Kier alpha value is -2.36. The number of benzene rings is 1. The number of thioether (sulfide) groups is 1. The van der Waals surface area contributed by atoms with Crippen LogP contribution in [-0.2, 0) is 19.6 Å². The van der Waals surface area contributed by atoms with Crippen LogP contribution < -0.4 is 4.74 Å². The summed E-state index contributed by atoms with van der Waals surface area (Å²) in [6, 6.07) is 8.60. The fourth-order valence-electron chi connectivity index (χ4n) is 3.19. The molecule has 1 atom stereocenters. The summed E-state index contributed by atoms with van der Waals surface area (Å²) < 4.78 is 38.3. The number of carbonyl (C=O) groups is 1. The quantitative estimate of drug-likeness (QED) is 0.473. The molecule has 7 nitrogen and oxygen atoms in total. The van der Waals surface area contributed by atoms with Crippen LogP contribution in [0.3, 0.4) is 0 Å². The first-order valence-electron chi connectivity index (χ1n) is 9.37. The van der Waals surface area contributed by atoms with E-state index in [4.69, 9.17) is 9.47 Å². The molecule has 1 saturated heterocycles. The molecule has 30 heavy (non-hydrogen) atoms. The first-order valence-corrected chi connectivity index (χ1v) is 11.8. The molecule has 9 heteroatoms. The lowest BCUT2D eigenvalue weighted by atomic mass is 10.0. The minimum atomic E-state index is -3.91. The van der Waals surface area contributed by atoms with E-state index in [0.29, 0.717) is 17.3 Å². The van der Waals surface area contributed by atoms with Crippen LogP contribution in [0, 0.1) is 0 Å². The Morgan fingerprint density at radius 3 is 2.50 bits per heavy atom.